The van der Waals surface area contributed by atoms with Crippen LogP contribution >= 0.6 is 0 Å². The van der Waals surface area contributed by atoms with Gasteiger partial charge in [0.25, 0.3) is 0 Å². The lowest BCUT2D eigenvalue weighted by Crippen LogP contribution is -2.45. The molecule has 3 rings (SSSR count). The van der Waals surface area contributed by atoms with Crippen LogP contribution in [0.3, 0.4) is 0 Å². The third-order valence-corrected chi connectivity index (χ3v) is 4.94. The van der Waals surface area contributed by atoms with Crippen LogP contribution in [0.1, 0.15) is 37.5 Å². The van der Waals surface area contributed by atoms with E-state index in [0.29, 0.717) is 17.6 Å². The Balaban J connectivity index is 1.72. The van der Waals surface area contributed by atoms with Gasteiger partial charge in [-0.05, 0) is 19.3 Å². The molecule has 2 fully saturated rings. The first kappa shape index (κ1) is 14.0. The summed E-state index contributed by atoms with van der Waals surface area (Å²) < 4.78 is 11.0. The van der Waals surface area contributed by atoms with Crippen molar-refractivity contribution in [2.24, 2.45) is 5.41 Å². The molecule has 0 aromatic carbocycles. The molecule has 2 atom stereocenters. The Morgan fingerprint density at radius 3 is 2.85 bits per heavy atom. The van der Waals surface area contributed by atoms with Gasteiger partial charge >= 0.3 is 0 Å². The smallest absolute Gasteiger partial charge is 0.123 e. The second-order valence-corrected chi connectivity index (χ2v) is 6.30. The molecule has 1 aromatic heterocycles. The number of hydrogen-bond acceptors (Lipinski definition) is 4. The van der Waals surface area contributed by atoms with Gasteiger partial charge in [-0.25, -0.2) is 4.98 Å². The van der Waals surface area contributed by atoms with Crippen molar-refractivity contribution in [2.75, 3.05) is 33.9 Å². The average Bonchev–Trinajstić information content (AvgIpc) is 3.04. The first-order chi connectivity index (χ1) is 9.76. The first-order valence-electron chi connectivity index (χ1n) is 7.51. The summed E-state index contributed by atoms with van der Waals surface area (Å²) in [6.07, 6.45) is 8.96. The van der Waals surface area contributed by atoms with Crippen molar-refractivity contribution in [1.29, 1.82) is 0 Å². The molecular weight excluding hydrogens is 254 g/mol. The molecule has 1 aliphatic carbocycles. The standard InChI is InChI=1S/C15H25N3O2/c1-19-11-15(4-3-5-15)10-18-9-12(20-2)8-13(18)14-16-6-7-17-14/h6-7,12-13H,3-5,8-11H2,1-2H3,(H,16,17)/t12-,13?/m1/s1. The van der Waals surface area contributed by atoms with Crippen LogP contribution in [0.4, 0.5) is 0 Å². The van der Waals surface area contributed by atoms with Crippen LogP contribution in [-0.4, -0.2) is 54.9 Å². The van der Waals surface area contributed by atoms with Crippen molar-refractivity contribution in [3.63, 3.8) is 0 Å². The fourth-order valence-corrected chi connectivity index (χ4v) is 3.71. The number of rotatable bonds is 6. The van der Waals surface area contributed by atoms with E-state index in [0.717, 1.165) is 31.9 Å². The normalized spacial score (nSPS) is 29.5. The van der Waals surface area contributed by atoms with E-state index in [2.05, 4.69) is 14.9 Å². The van der Waals surface area contributed by atoms with Crippen molar-refractivity contribution in [2.45, 2.75) is 37.8 Å². The molecular formula is C15H25N3O2. The van der Waals surface area contributed by atoms with Crippen LogP contribution in [0.5, 0.6) is 0 Å². The maximum Gasteiger partial charge on any atom is 0.123 e. The van der Waals surface area contributed by atoms with E-state index in [1.165, 1.54) is 19.3 Å². The molecule has 0 bridgehead atoms. The van der Waals surface area contributed by atoms with Gasteiger partial charge in [0.2, 0.25) is 0 Å². The zero-order chi connectivity index (χ0) is 14.0. The maximum absolute atomic E-state index is 5.58. The predicted molar refractivity (Wildman–Crippen MR) is 76.5 cm³/mol. The molecule has 112 valence electrons. The summed E-state index contributed by atoms with van der Waals surface area (Å²) in [7, 11) is 3.62. The summed E-state index contributed by atoms with van der Waals surface area (Å²) in [5.74, 6) is 1.07. The summed E-state index contributed by atoms with van der Waals surface area (Å²) in [6, 6.07) is 0.351. The SMILES string of the molecule is COCC1(CN2C[C@H](OC)CC2c2ncc[nH]2)CCC1. The molecule has 5 nitrogen and oxygen atoms in total. The van der Waals surface area contributed by atoms with E-state index in [9.17, 15) is 0 Å². The lowest BCUT2D eigenvalue weighted by atomic mass is 9.69. The maximum atomic E-state index is 5.58. The quantitative estimate of drug-likeness (QED) is 0.865. The van der Waals surface area contributed by atoms with Gasteiger partial charge in [-0.1, -0.05) is 6.42 Å². The number of nitrogens with one attached hydrogen (secondary N) is 1. The molecule has 5 heteroatoms. The molecule has 0 amide bonds. The number of likely N-dealkylation sites (tertiary alicyclic amines) is 1. The topological polar surface area (TPSA) is 50.4 Å². The highest BCUT2D eigenvalue weighted by molar-refractivity contribution is 5.04. The van der Waals surface area contributed by atoms with Gasteiger partial charge in [-0.3, -0.25) is 4.90 Å². The van der Waals surface area contributed by atoms with Crippen LogP contribution in [0, 0.1) is 5.41 Å². The Bertz CT molecular complexity index is 417. The Morgan fingerprint density at radius 2 is 2.30 bits per heavy atom. The van der Waals surface area contributed by atoms with Gasteiger partial charge in [0.15, 0.2) is 0 Å². The molecule has 1 aromatic rings. The lowest BCUT2D eigenvalue weighted by molar-refractivity contribution is -0.0176. The molecule has 2 aliphatic rings. The van der Waals surface area contributed by atoms with Crippen molar-refractivity contribution in [3.8, 4) is 0 Å². The number of hydrogen-bond donors (Lipinski definition) is 1. The van der Waals surface area contributed by atoms with Gasteiger partial charge in [-0.2, -0.15) is 0 Å². The fraction of sp³-hybridized carbons (Fsp3) is 0.800. The molecule has 0 radical (unpaired) electrons. The first-order valence-corrected chi connectivity index (χ1v) is 7.51. The van der Waals surface area contributed by atoms with Gasteiger partial charge < -0.3 is 14.5 Å². The van der Waals surface area contributed by atoms with Crippen LogP contribution in [0.15, 0.2) is 12.4 Å². The average molecular weight is 279 g/mol. The molecule has 1 saturated carbocycles. The Labute approximate surface area is 120 Å². The molecule has 20 heavy (non-hydrogen) atoms. The third-order valence-electron chi connectivity index (χ3n) is 4.94. The summed E-state index contributed by atoms with van der Waals surface area (Å²) in [5, 5.41) is 0. The van der Waals surface area contributed by atoms with Crippen LogP contribution < -0.4 is 0 Å². The zero-order valence-corrected chi connectivity index (χ0v) is 12.5. The number of imidazole rings is 1. The van der Waals surface area contributed by atoms with E-state index < -0.39 is 0 Å². The molecule has 1 unspecified atom stereocenters. The number of nitrogens with zero attached hydrogens (tertiary/aromatic N) is 2. The van der Waals surface area contributed by atoms with E-state index in [4.69, 9.17) is 9.47 Å². The summed E-state index contributed by atoms with van der Waals surface area (Å²) in [5.41, 5.74) is 0.349. The number of ether oxygens (including phenoxy) is 2. The molecule has 1 aliphatic heterocycles. The second kappa shape index (κ2) is 5.84. The van der Waals surface area contributed by atoms with Crippen LogP contribution in [0.25, 0.3) is 0 Å². The fourth-order valence-electron chi connectivity index (χ4n) is 3.71. The van der Waals surface area contributed by atoms with Gasteiger partial charge in [0, 0.05) is 45.1 Å². The van der Waals surface area contributed by atoms with Crippen LogP contribution in [0.2, 0.25) is 0 Å². The Morgan fingerprint density at radius 1 is 1.45 bits per heavy atom. The Hall–Kier alpha value is -0.910. The zero-order valence-electron chi connectivity index (χ0n) is 12.5. The van der Waals surface area contributed by atoms with Gasteiger partial charge in [0.1, 0.15) is 5.82 Å². The summed E-state index contributed by atoms with van der Waals surface area (Å²) >= 11 is 0. The number of H-pyrrole nitrogens is 1. The van der Waals surface area contributed by atoms with Crippen molar-refractivity contribution >= 4 is 0 Å². The molecule has 1 N–H and O–H groups in total. The minimum absolute atomic E-state index is 0.310. The van der Waals surface area contributed by atoms with Gasteiger partial charge in [0.05, 0.1) is 18.8 Å². The van der Waals surface area contributed by atoms with Gasteiger partial charge in [-0.15, -0.1) is 0 Å². The lowest BCUT2D eigenvalue weighted by Gasteiger charge is -2.44. The summed E-state index contributed by atoms with van der Waals surface area (Å²) in [6.45, 7) is 2.95. The molecule has 2 heterocycles. The number of aromatic amines is 1. The van der Waals surface area contributed by atoms with Crippen LogP contribution in [-0.2, 0) is 9.47 Å². The summed E-state index contributed by atoms with van der Waals surface area (Å²) in [4.78, 5) is 10.3. The molecule has 1 saturated heterocycles. The Kier molecular flexibility index (Phi) is 4.10. The molecule has 0 spiro atoms. The van der Waals surface area contributed by atoms with E-state index in [1.807, 2.05) is 26.6 Å². The van der Waals surface area contributed by atoms with E-state index in [1.54, 1.807) is 0 Å². The largest absolute Gasteiger partial charge is 0.384 e. The predicted octanol–water partition coefficient (Wildman–Crippen LogP) is 1.99. The number of aromatic nitrogens is 2. The van der Waals surface area contributed by atoms with E-state index >= 15 is 0 Å². The van der Waals surface area contributed by atoms with Crippen molar-refractivity contribution in [1.82, 2.24) is 14.9 Å². The highest BCUT2D eigenvalue weighted by atomic mass is 16.5. The third kappa shape index (κ3) is 2.62. The highest BCUT2D eigenvalue weighted by Gasteiger charge is 2.43. The van der Waals surface area contributed by atoms with Crippen molar-refractivity contribution in [3.05, 3.63) is 18.2 Å². The minimum atomic E-state index is 0.310. The highest BCUT2D eigenvalue weighted by Crippen LogP contribution is 2.44. The van der Waals surface area contributed by atoms with E-state index in [-0.39, 0.29) is 0 Å². The van der Waals surface area contributed by atoms with Crippen molar-refractivity contribution < 1.29 is 9.47 Å². The number of methoxy groups -OCH3 is 2. The second-order valence-electron chi connectivity index (χ2n) is 6.30. The minimum Gasteiger partial charge on any atom is -0.384 e. The monoisotopic (exact) mass is 279 g/mol.